The Morgan fingerprint density at radius 2 is 1.87 bits per heavy atom. The summed E-state index contributed by atoms with van der Waals surface area (Å²) in [6, 6.07) is 12.1. The van der Waals surface area contributed by atoms with Gasteiger partial charge >= 0.3 is 17.2 Å². The Bertz CT molecular complexity index is 1150. The van der Waals surface area contributed by atoms with E-state index in [2.05, 4.69) is 26.2 Å². The molecule has 0 bridgehead atoms. The molecule has 1 aromatic heterocycles. The van der Waals surface area contributed by atoms with Gasteiger partial charge in [-0.2, -0.15) is 0 Å². The van der Waals surface area contributed by atoms with Gasteiger partial charge in [0.25, 0.3) is 0 Å². The number of carbonyl (C=O) groups excluding carboxylic acids is 2. The van der Waals surface area contributed by atoms with Gasteiger partial charge in [0.05, 0.1) is 12.8 Å². The van der Waals surface area contributed by atoms with Crippen molar-refractivity contribution >= 4 is 33.9 Å². The molecule has 0 radical (unpaired) electrons. The van der Waals surface area contributed by atoms with Crippen molar-refractivity contribution in [3.05, 3.63) is 86.0 Å². The average molecular weight is 476 g/mol. The number of nitrogens with zero attached hydrogens (tertiary/aromatic N) is 3. The molecule has 2 aromatic carbocycles. The third kappa shape index (κ3) is 4.95. The summed E-state index contributed by atoms with van der Waals surface area (Å²) in [4.78, 5) is 38.4. The number of hydrogen-bond acceptors (Lipinski definition) is 5. The number of aromatic nitrogens is 3. The number of H-pyrrole nitrogens is 1. The molecule has 0 atom stereocenters. The normalized spacial score (nSPS) is 11.0. The van der Waals surface area contributed by atoms with Gasteiger partial charge in [0.15, 0.2) is 6.54 Å². The highest BCUT2D eigenvalue weighted by atomic mass is 79.9. The van der Waals surface area contributed by atoms with Gasteiger partial charge < -0.3 is 4.74 Å². The molecule has 30 heavy (non-hydrogen) atoms. The van der Waals surface area contributed by atoms with Crippen molar-refractivity contribution in [3.63, 3.8) is 0 Å². The van der Waals surface area contributed by atoms with Crippen LogP contribution in [-0.2, 0) is 11.3 Å². The minimum absolute atomic E-state index is 0.0585. The van der Waals surface area contributed by atoms with Gasteiger partial charge in [-0.15, -0.1) is 4.68 Å². The molecular weight excluding hydrogens is 459 g/mol. The number of carbonyl (C=O) groups is 2. The fourth-order valence-corrected chi connectivity index (χ4v) is 2.82. The van der Waals surface area contributed by atoms with Crippen molar-refractivity contribution in [1.82, 2.24) is 10.0 Å². The van der Waals surface area contributed by atoms with Gasteiger partial charge in [0.2, 0.25) is 5.78 Å². The number of esters is 1. The smallest absolute Gasteiger partial charge is 0.434 e. The molecule has 0 spiro atoms. The minimum Gasteiger partial charge on any atom is -0.459 e. The number of aromatic amines is 1. The molecule has 0 amide bonds. The summed E-state index contributed by atoms with van der Waals surface area (Å²) in [6.07, 6.45) is 1.31. The van der Waals surface area contributed by atoms with Crippen LogP contribution in [0.5, 0.6) is 0 Å². The van der Waals surface area contributed by atoms with Crippen molar-refractivity contribution in [2.75, 3.05) is 6.61 Å². The zero-order valence-corrected chi connectivity index (χ0v) is 17.4. The third-order valence-corrected chi connectivity index (χ3v) is 4.54. The predicted molar refractivity (Wildman–Crippen MR) is 109 cm³/mol. The van der Waals surface area contributed by atoms with Crippen LogP contribution >= 0.6 is 15.9 Å². The van der Waals surface area contributed by atoms with Crippen LogP contribution in [0.3, 0.4) is 0 Å². The summed E-state index contributed by atoms with van der Waals surface area (Å²) in [7, 11) is 0. The highest BCUT2D eigenvalue weighted by molar-refractivity contribution is 9.10. The first-order chi connectivity index (χ1) is 14.4. The fourth-order valence-electron chi connectivity index (χ4n) is 2.56. The molecule has 0 unspecified atom stereocenters. The SMILES string of the molecule is CCOC(=O)c1c(=O)n(N=Cc2ccc(F)cc2)[nH][n+]1CC(=O)c1ccc(Br)cc1. The molecule has 10 heteroatoms. The molecule has 1 heterocycles. The monoisotopic (exact) mass is 475 g/mol. The van der Waals surface area contributed by atoms with E-state index in [4.69, 9.17) is 4.74 Å². The Morgan fingerprint density at radius 1 is 1.20 bits per heavy atom. The predicted octanol–water partition coefficient (Wildman–Crippen LogP) is 2.31. The standard InChI is InChI=1S/C20H16BrFN4O4/c1-2-30-20(29)18-19(28)26(23-11-13-3-9-16(22)10-4-13)24-25(18)12-17(27)14-5-7-15(21)8-6-14/h3-11H,2,12H2,1H3/p+1. The van der Waals surface area contributed by atoms with Crippen molar-refractivity contribution in [2.45, 2.75) is 13.5 Å². The van der Waals surface area contributed by atoms with Crippen molar-refractivity contribution in [3.8, 4) is 0 Å². The van der Waals surface area contributed by atoms with Gasteiger partial charge in [-0.1, -0.05) is 50.5 Å². The first kappa shape index (κ1) is 21.3. The minimum atomic E-state index is -0.877. The van der Waals surface area contributed by atoms with E-state index in [1.165, 1.54) is 30.5 Å². The maximum Gasteiger partial charge on any atom is 0.434 e. The Kier molecular flexibility index (Phi) is 6.68. The van der Waals surface area contributed by atoms with Crippen LogP contribution in [0.4, 0.5) is 4.39 Å². The molecule has 1 N–H and O–H groups in total. The van der Waals surface area contributed by atoms with Crippen LogP contribution in [0.15, 0.2) is 62.9 Å². The molecule has 0 aliphatic rings. The number of hydrogen-bond donors (Lipinski definition) is 1. The third-order valence-electron chi connectivity index (χ3n) is 4.01. The van der Waals surface area contributed by atoms with E-state index in [1.807, 2.05) is 0 Å². The van der Waals surface area contributed by atoms with E-state index in [0.29, 0.717) is 11.1 Å². The summed E-state index contributed by atoms with van der Waals surface area (Å²) in [5.74, 6) is -1.61. The number of nitrogens with one attached hydrogen (secondary N) is 1. The van der Waals surface area contributed by atoms with Gasteiger partial charge in [-0.25, -0.2) is 14.0 Å². The Morgan fingerprint density at radius 3 is 2.50 bits per heavy atom. The van der Waals surface area contributed by atoms with E-state index in [9.17, 15) is 18.8 Å². The molecule has 3 rings (SSSR count). The van der Waals surface area contributed by atoms with Gasteiger partial charge in [0.1, 0.15) is 5.82 Å². The number of Topliss-reactive ketones (excluding diaryl/α,β-unsaturated/α-hetero) is 1. The lowest BCUT2D eigenvalue weighted by Crippen LogP contribution is -2.46. The van der Waals surface area contributed by atoms with Gasteiger partial charge in [0, 0.05) is 14.8 Å². The lowest BCUT2D eigenvalue weighted by molar-refractivity contribution is -0.744. The molecule has 8 nitrogen and oxygen atoms in total. The van der Waals surface area contributed by atoms with Gasteiger partial charge in [-0.3, -0.25) is 4.79 Å². The quantitative estimate of drug-likeness (QED) is 0.245. The average Bonchev–Trinajstić information content (AvgIpc) is 3.03. The zero-order valence-electron chi connectivity index (χ0n) is 15.8. The van der Waals surface area contributed by atoms with Gasteiger partial charge in [-0.05, 0) is 36.8 Å². The maximum atomic E-state index is 13.0. The van der Waals surface area contributed by atoms with E-state index >= 15 is 0 Å². The van der Waals surface area contributed by atoms with Crippen LogP contribution in [0.2, 0.25) is 0 Å². The number of halogens is 2. The summed E-state index contributed by atoms with van der Waals surface area (Å²) in [5.41, 5.74) is -0.203. The Hall–Kier alpha value is -3.40. The second-order valence-corrected chi connectivity index (χ2v) is 7.01. The van der Waals surface area contributed by atoms with Crippen LogP contribution in [0, 0.1) is 5.82 Å². The molecule has 0 saturated carbocycles. The first-order valence-electron chi connectivity index (χ1n) is 8.89. The van der Waals surface area contributed by atoms with Crippen molar-refractivity contribution < 1.29 is 23.4 Å². The number of ether oxygens (including phenoxy) is 1. The van der Waals surface area contributed by atoms with E-state index in [-0.39, 0.29) is 24.6 Å². The highest BCUT2D eigenvalue weighted by Gasteiger charge is 2.31. The molecule has 0 aliphatic heterocycles. The molecule has 3 aromatic rings. The molecule has 0 aliphatic carbocycles. The maximum absolute atomic E-state index is 13.0. The number of benzene rings is 2. The zero-order chi connectivity index (χ0) is 21.7. The van der Waals surface area contributed by atoms with Crippen molar-refractivity contribution in [2.24, 2.45) is 5.10 Å². The van der Waals surface area contributed by atoms with E-state index in [1.54, 1.807) is 31.2 Å². The molecule has 0 saturated heterocycles. The number of ketones is 1. The molecule has 154 valence electrons. The van der Waals surface area contributed by atoms with E-state index < -0.39 is 17.3 Å². The lowest BCUT2D eigenvalue weighted by atomic mass is 10.1. The number of rotatable bonds is 7. The largest absolute Gasteiger partial charge is 0.459 e. The Labute approximate surface area is 178 Å². The Balaban J connectivity index is 1.94. The highest BCUT2D eigenvalue weighted by Crippen LogP contribution is 2.11. The van der Waals surface area contributed by atoms with Crippen LogP contribution in [0.25, 0.3) is 0 Å². The van der Waals surface area contributed by atoms with Crippen LogP contribution < -0.4 is 10.2 Å². The topological polar surface area (TPSA) is 97.4 Å². The van der Waals surface area contributed by atoms with Crippen LogP contribution in [0.1, 0.15) is 33.3 Å². The summed E-state index contributed by atoms with van der Waals surface area (Å²) in [6.45, 7) is 1.36. The molecule has 0 fully saturated rings. The second kappa shape index (κ2) is 9.40. The van der Waals surface area contributed by atoms with Crippen molar-refractivity contribution in [1.29, 1.82) is 0 Å². The fraction of sp³-hybridized carbons (Fsp3) is 0.150. The first-order valence-corrected chi connectivity index (χ1v) is 9.69. The summed E-state index contributed by atoms with van der Waals surface area (Å²) < 4.78 is 19.9. The summed E-state index contributed by atoms with van der Waals surface area (Å²) in [5, 5.41) is 6.58. The van der Waals surface area contributed by atoms with Crippen LogP contribution in [-0.4, -0.2) is 34.6 Å². The lowest BCUT2D eigenvalue weighted by Gasteiger charge is -2.01. The molecular formula is C20H17BrFN4O4+. The van der Waals surface area contributed by atoms with E-state index in [0.717, 1.165) is 13.9 Å². The second-order valence-electron chi connectivity index (χ2n) is 6.10. The summed E-state index contributed by atoms with van der Waals surface area (Å²) >= 11 is 3.30.